The zero-order valence-electron chi connectivity index (χ0n) is 17.1. The standard InChI is InChI=1S/C21H21F4N3O3/c1-12-27-16-10-17(30-3)18(31-8-7-29-2)9-14(16)20(28-12)26-11-13-5-4-6-15(19(13)22)21(23,24)25/h4-6,9-10H,7-8,11H2,1-3H3,(H,26,27,28). The van der Waals surface area contributed by atoms with Gasteiger partial charge in [0.15, 0.2) is 11.5 Å². The number of halogens is 4. The number of rotatable bonds is 8. The lowest BCUT2D eigenvalue weighted by molar-refractivity contribution is -0.140. The fraction of sp³-hybridized carbons (Fsp3) is 0.333. The molecule has 0 amide bonds. The summed E-state index contributed by atoms with van der Waals surface area (Å²) in [6.07, 6.45) is -4.77. The second-order valence-electron chi connectivity index (χ2n) is 6.61. The van der Waals surface area contributed by atoms with Gasteiger partial charge in [0.2, 0.25) is 0 Å². The molecule has 0 fully saturated rings. The van der Waals surface area contributed by atoms with Gasteiger partial charge in [-0.2, -0.15) is 13.2 Å². The summed E-state index contributed by atoms with van der Waals surface area (Å²) < 4.78 is 69.3. The summed E-state index contributed by atoms with van der Waals surface area (Å²) in [5.41, 5.74) is -0.908. The van der Waals surface area contributed by atoms with Crippen LogP contribution in [0.15, 0.2) is 30.3 Å². The van der Waals surface area contributed by atoms with E-state index in [1.54, 1.807) is 26.2 Å². The third-order valence-electron chi connectivity index (χ3n) is 4.47. The maximum absolute atomic E-state index is 14.4. The molecule has 3 rings (SSSR count). The number of ether oxygens (including phenoxy) is 3. The molecule has 0 radical (unpaired) electrons. The predicted octanol–water partition coefficient (Wildman–Crippen LogP) is 4.74. The van der Waals surface area contributed by atoms with E-state index < -0.39 is 17.6 Å². The van der Waals surface area contributed by atoms with Crippen molar-refractivity contribution < 1.29 is 31.8 Å². The molecule has 0 saturated carbocycles. The molecule has 0 aliphatic heterocycles. The number of aryl methyl sites for hydroxylation is 1. The van der Waals surface area contributed by atoms with Gasteiger partial charge in [-0.1, -0.05) is 12.1 Å². The van der Waals surface area contributed by atoms with Crippen molar-refractivity contribution in [1.29, 1.82) is 0 Å². The van der Waals surface area contributed by atoms with Crippen molar-refractivity contribution in [2.75, 3.05) is 32.8 Å². The lowest BCUT2D eigenvalue weighted by Crippen LogP contribution is -2.12. The molecule has 1 N–H and O–H groups in total. The van der Waals surface area contributed by atoms with E-state index in [-0.39, 0.29) is 18.7 Å². The number of fused-ring (bicyclic) bond motifs is 1. The Bertz CT molecular complexity index is 1070. The Morgan fingerprint density at radius 1 is 1.03 bits per heavy atom. The van der Waals surface area contributed by atoms with Crippen LogP contribution in [0.2, 0.25) is 0 Å². The van der Waals surface area contributed by atoms with Crippen molar-refractivity contribution in [2.24, 2.45) is 0 Å². The zero-order valence-corrected chi connectivity index (χ0v) is 17.1. The highest BCUT2D eigenvalue weighted by Crippen LogP contribution is 2.35. The summed E-state index contributed by atoms with van der Waals surface area (Å²) in [5.74, 6) is 0.320. The summed E-state index contributed by atoms with van der Waals surface area (Å²) in [6, 6.07) is 6.49. The number of nitrogens with zero attached hydrogens (tertiary/aromatic N) is 2. The van der Waals surface area contributed by atoms with E-state index in [9.17, 15) is 17.6 Å². The van der Waals surface area contributed by atoms with Crippen LogP contribution in [0.5, 0.6) is 11.5 Å². The highest BCUT2D eigenvalue weighted by Gasteiger charge is 2.34. The first-order valence-corrected chi connectivity index (χ1v) is 9.31. The molecule has 2 aromatic carbocycles. The van der Waals surface area contributed by atoms with Crippen LogP contribution in [0.25, 0.3) is 10.9 Å². The zero-order chi connectivity index (χ0) is 22.6. The van der Waals surface area contributed by atoms with Gasteiger partial charge in [-0.05, 0) is 19.1 Å². The third-order valence-corrected chi connectivity index (χ3v) is 4.47. The first kappa shape index (κ1) is 22.5. The highest BCUT2D eigenvalue weighted by atomic mass is 19.4. The average Bonchev–Trinajstić information content (AvgIpc) is 2.71. The van der Waals surface area contributed by atoms with Crippen molar-refractivity contribution in [2.45, 2.75) is 19.6 Å². The predicted molar refractivity (Wildman–Crippen MR) is 107 cm³/mol. The Hall–Kier alpha value is -3.14. The molecule has 1 aromatic heterocycles. The van der Waals surface area contributed by atoms with Crippen LogP contribution in [0.1, 0.15) is 17.0 Å². The molecule has 31 heavy (non-hydrogen) atoms. The average molecular weight is 439 g/mol. The van der Waals surface area contributed by atoms with Crippen LogP contribution in [0.3, 0.4) is 0 Å². The Morgan fingerprint density at radius 2 is 1.81 bits per heavy atom. The lowest BCUT2D eigenvalue weighted by Gasteiger charge is -2.15. The summed E-state index contributed by atoms with van der Waals surface area (Å²) in [7, 11) is 3.04. The Labute approximate surface area is 176 Å². The fourth-order valence-corrected chi connectivity index (χ4v) is 3.01. The van der Waals surface area contributed by atoms with Crippen molar-refractivity contribution in [1.82, 2.24) is 9.97 Å². The molecule has 6 nitrogen and oxygen atoms in total. The second-order valence-corrected chi connectivity index (χ2v) is 6.61. The van der Waals surface area contributed by atoms with Crippen LogP contribution >= 0.6 is 0 Å². The number of aromatic nitrogens is 2. The van der Waals surface area contributed by atoms with Crippen molar-refractivity contribution in [3.63, 3.8) is 0 Å². The molecule has 0 bridgehead atoms. The molecular weight excluding hydrogens is 418 g/mol. The normalized spacial score (nSPS) is 11.6. The smallest absolute Gasteiger partial charge is 0.419 e. The number of hydrogen-bond donors (Lipinski definition) is 1. The van der Waals surface area contributed by atoms with Gasteiger partial charge in [-0.25, -0.2) is 14.4 Å². The molecule has 1 heterocycles. The van der Waals surface area contributed by atoms with E-state index in [1.807, 2.05) is 0 Å². The van der Waals surface area contributed by atoms with Gasteiger partial charge in [0, 0.05) is 30.7 Å². The van der Waals surface area contributed by atoms with Crippen LogP contribution in [-0.4, -0.2) is 37.4 Å². The monoisotopic (exact) mass is 439 g/mol. The summed E-state index contributed by atoms with van der Waals surface area (Å²) >= 11 is 0. The maximum Gasteiger partial charge on any atom is 0.419 e. The molecule has 10 heteroatoms. The molecule has 166 valence electrons. The molecule has 0 aliphatic carbocycles. The molecule has 0 spiro atoms. The Balaban J connectivity index is 1.96. The van der Waals surface area contributed by atoms with Crippen LogP contribution in [0.4, 0.5) is 23.4 Å². The number of anilines is 1. The van der Waals surface area contributed by atoms with E-state index in [4.69, 9.17) is 14.2 Å². The van der Waals surface area contributed by atoms with Gasteiger partial charge in [0.25, 0.3) is 0 Å². The van der Waals surface area contributed by atoms with Crippen molar-refractivity contribution in [3.8, 4) is 11.5 Å². The Morgan fingerprint density at radius 3 is 2.48 bits per heavy atom. The number of methoxy groups -OCH3 is 2. The molecular formula is C21H21F4N3O3. The Kier molecular flexibility index (Phi) is 6.79. The quantitative estimate of drug-likeness (QED) is 0.404. The van der Waals surface area contributed by atoms with Gasteiger partial charge >= 0.3 is 6.18 Å². The minimum atomic E-state index is -4.77. The highest BCUT2D eigenvalue weighted by molar-refractivity contribution is 5.91. The molecule has 0 unspecified atom stereocenters. The van der Waals surface area contributed by atoms with Crippen molar-refractivity contribution in [3.05, 3.63) is 53.1 Å². The third kappa shape index (κ3) is 5.13. The fourth-order valence-electron chi connectivity index (χ4n) is 3.01. The number of hydrogen-bond acceptors (Lipinski definition) is 6. The first-order chi connectivity index (χ1) is 14.7. The van der Waals surface area contributed by atoms with Gasteiger partial charge < -0.3 is 19.5 Å². The van der Waals surface area contributed by atoms with E-state index >= 15 is 0 Å². The van der Waals surface area contributed by atoms with E-state index in [2.05, 4.69) is 15.3 Å². The van der Waals surface area contributed by atoms with E-state index in [0.29, 0.717) is 46.7 Å². The van der Waals surface area contributed by atoms with E-state index in [1.165, 1.54) is 19.2 Å². The largest absolute Gasteiger partial charge is 0.493 e. The minimum absolute atomic E-state index is 0.135. The minimum Gasteiger partial charge on any atom is -0.493 e. The van der Waals surface area contributed by atoms with Gasteiger partial charge in [0.05, 0.1) is 24.8 Å². The number of nitrogens with one attached hydrogen (secondary N) is 1. The van der Waals surface area contributed by atoms with Gasteiger partial charge in [-0.3, -0.25) is 0 Å². The second kappa shape index (κ2) is 9.34. The SMILES string of the molecule is COCCOc1cc2c(NCc3cccc(C(F)(F)F)c3F)nc(C)nc2cc1OC. The van der Waals surface area contributed by atoms with Crippen LogP contribution in [-0.2, 0) is 17.5 Å². The van der Waals surface area contributed by atoms with Crippen LogP contribution < -0.4 is 14.8 Å². The molecule has 0 aliphatic rings. The molecule has 0 atom stereocenters. The number of alkyl halides is 3. The van der Waals surface area contributed by atoms with Gasteiger partial charge in [-0.15, -0.1) is 0 Å². The maximum atomic E-state index is 14.4. The summed E-state index contributed by atoms with van der Waals surface area (Å²) in [6.45, 7) is 2.12. The molecule has 3 aromatic rings. The summed E-state index contributed by atoms with van der Waals surface area (Å²) in [4.78, 5) is 8.69. The lowest BCUT2D eigenvalue weighted by atomic mass is 10.1. The first-order valence-electron chi connectivity index (χ1n) is 9.31. The van der Waals surface area contributed by atoms with Gasteiger partial charge in [0.1, 0.15) is 24.1 Å². The topological polar surface area (TPSA) is 65.5 Å². The molecule has 0 saturated heterocycles. The number of benzene rings is 2. The van der Waals surface area contributed by atoms with E-state index in [0.717, 1.165) is 0 Å². The van der Waals surface area contributed by atoms with Crippen molar-refractivity contribution >= 4 is 16.7 Å². The summed E-state index contributed by atoms with van der Waals surface area (Å²) in [5, 5.41) is 3.46. The van der Waals surface area contributed by atoms with Crippen LogP contribution in [0, 0.1) is 12.7 Å².